The smallest absolute Gasteiger partial charge is 0.0468 e. The van der Waals surface area contributed by atoms with E-state index in [-0.39, 0.29) is 5.41 Å². The molecule has 2 N–H and O–H groups in total. The molecule has 1 aromatic rings. The van der Waals surface area contributed by atoms with Gasteiger partial charge in [-0.1, -0.05) is 26.5 Å². The van der Waals surface area contributed by atoms with E-state index in [0.717, 1.165) is 11.4 Å². The summed E-state index contributed by atoms with van der Waals surface area (Å²) in [5, 5.41) is 0. The summed E-state index contributed by atoms with van der Waals surface area (Å²) >= 11 is 0. The van der Waals surface area contributed by atoms with Crippen molar-refractivity contribution in [1.82, 2.24) is 0 Å². The molecule has 0 saturated carbocycles. The first-order valence-corrected chi connectivity index (χ1v) is 4.77. The molecule has 2 heteroatoms. The monoisotopic (exact) mass is 188 g/mol. The molecule has 0 aliphatic carbocycles. The van der Waals surface area contributed by atoms with Gasteiger partial charge in [0.1, 0.15) is 0 Å². The number of benzene rings is 1. The Bertz CT molecular complexity index is 405. The topological polar surface area (TPSA) is 29.3 Å². The van der Waals surface area contributed by atoms with Crippen molar-refractivity contribution < 1.29 is 0 Å². The molecule has 0 aromatic heterocycles. The minimum atomic E-state index is 0.0256. The van der Waals surface area contributed by atoms with Crippen molar-refractivity contribution in [3.8, 4) is 0 Å². The minimum Gasteiger partial charge on any atom is -0.399 e. The Morgan fingerprint density at radius 2 is 2.00 bits per heavy atom. The van der Waals surface area contributed by atoms with Gasteiger partial charge in [0.2, 0.25) is 0 Å². The minimum absolute atomic E-state index is 0.0256. The predicted octanol–water partition coefficient (Wildman–Crippen LogP) is 2.51. The summed E-state index contributed by atoms with van der Waals surface area (Å²) in [5.74, 6) is 0. The summed E-state index contributed by atoms with van der Waals surface area (Å²) in [4.78, 5) is 2.12. The van der Waals surface area contributed by atoms with Gasteiger partial charge >= 0.3 is 0 Å². The van der Waals surface area contributed by atoms with E-state index in [1.54, 1.807) is 0 Å². The third-order valence-corrected chi connectivity index (χ3v) is 3.18. The van der Waals surface area contributed by atoms with Gasteiger partial charge in [-0.3, -0.25) is 0 Å². The Hall–Kier alpha value is -1.44. The van der Waals surface area contributed by atoms with Crippen molar-refractivity contribution in [2.75, 3.05) is 17.7 Å². The molecule has 1 heterocycles. The molecule has 0 amide bonds. The number of hydrogen-bond acceptors (Lipinski definition) is 2. The van der Waals surface area contributed by atoms with Crippen LogP contribution in [0.2, 0.25) is 0 Å². The zero-order chi connectivity index (χ0) is 10.5. The van der Waals surface area contributed by atoms with Crippen molar-refractivity contribution in [3.63, 3.8) is 0 Å². The van der Waals surface area contributed by atoms with E-state index in [9.17, 15) is 0 Å². The number of nitrogens with zero attached hydrogens (tertiary/aromatic N) is 1. The number of anilines is 2. The van der Waals surface area contributed by atoms with Crippen LogP contribution in [0.4, 0.5) is 11.4 Å². The highest BCUT2D eigenvalue weighted by molar-refractivity contribution is 5.72. The van der Waals surface area contributed by atoms with Crippen LogP contribution in [0.15, 0.2) is 30.5 Å². The second-order valence-electron chi connectivity index (χ2n) is 4.41. The first kappa shape index (κ1) is 9.13. The lowest BCUT2D eigenvalue weighted by molar-refractivity contribution is 0.643. The normalized spacial score (nSPS) is 18.5. The van der Waals surface area contributed by atoms with Crippen molar-refractivity contribution in [3.05, 3.63) is 36.0 Å². The molecule has 0 saturated heterocycles. The fourth-order valence-electron chi connectivity index (χ4n) is 2.07. The maximum absolute atomic E-state index is 5.77. The standard InChI is InChI=1S/C12H16N2/c1-8-12(2,3)10-6-5-9(13)7-11(10)14(8)4/h5-7H,1,13H2,2-4H3. The molecule has 0 fully saturated rings. The molecule has 2 rings (SSSR count). The Morgan fingerprint density at radius 3 is 2.64 bits per heavy atom. The van der Waals surface area contributed by atoms with Crippen LogP contribution in [-0.2, 0) is 5.41 Å². The van der Waals surface area contributed by atoms with Crippen molar-refractivity contribution >= 4 is 11.4 Å². The fraction of sp³-hybridized carbons (Fsp3) is 0.333. The van der Waals surface area contributed by atoms with E-state index in [1.807, 2.05) is 19.2 Å². The number of nitrogen functional groups attached to an aromatic ring is 1. The molecule has 0 radical (unpaired) electrons. The van der Waals surface area contributed by atoms with Crippen molar-refractivity contribution in [2.24, 2.45) is 0 Å². The SMILES string of the molecule is C=C1N(C)c2cc(N)ccc2C1(C)C. The molecule has 1 aliphatic rings. The molecule has 74 valence electrons. The van der Waals surface area contributed by atoms with E-state index >= 15 is 0 Å². The van der Waals surface area contributed by atoms with Crippen LogP contribution in [-0.4, -0.2) is 7.05 Å². The Morgan fingerprint density at radius 1 is 1.36 bits per heavy atom. The first-order valence-electron chi connectivity index (χ1n) is 4.77. The lowest BCUT2D eigenvalue weighted by Crippen LogP contribution is -2.21. The van der Waals surface area contributed by atoms with Gasteiger partial charge in [0.15, 0.2) is 0 Å². The molecule has 0 atom stereocenters. The molecule has 0 bridgehead atoms. The van der Waals surface area contributed by atoms with Gasteiger partial charge in [0, 0.05) is 29.5 Å². The summed E-state index contributed by atoms with van der Waals surface area (Å²) in [6.45, 7) is 8.49. The summed E-state index contributed by atoms with van der Waals surface area (Å²) < 4.78 is 0. The average Bonchev–Trinajstić information content (AvgIpc) is 2.28. The summed E-state index contributed by atoms with van der Waals surface area (Å²) in [6, 6.07) is 6.06. The molecular formula is C12H16N2. The van der Waals surface area contributed by atoms with Gasteiger partial charge in [0.25, 0.3) is 0 Å². The number of fused-ring (bicyclic) bond motifs is 1. The summed E-state index contributed by atoms with van der Waals surface area (Å²) in [5.41, 5.74) is 10.2. The highest BCUT2D eigenvalue weighted by Crippen LogP contribution is 2.46. The van der Waals surface area contributed by atoms with Crippen LogP contribution in [0.5, 0.6) is 0 Å². The molecule has 1 aromatic carbocycles. The second kappa shape index (κ2) is 2.53. The molecule has 1 aliphatic heterocycles. The number of rotatable bonds is 0. The molecule has 0 unspecified atom stereocenters. The zero-order valence-electron chi connectivity index (χ0n) is 8.96. The van der Waals surface area contributed by atoms with Crippen molar-refractivity contribution in [2.45, 2.75) is 19.3 Å². The van der Waals surface area contributed by atoms with Crippen LogP contribution >= 0.6 is 0 Å². The van der Waals surface area contributed by atoms with E-state index in [4.69, 9.17) is 5.73 Å². The second-order valence-corrected chi connectivity index (χ2v) is 4.41. The molecule has 14 heavy (non-hydrogen) atoms. The lowest BCUT2D eigenvalue weighted by Gasteiger charge is -2.22. The van der Waals surface area contributed by atoms with Gasteiger partial charge in [-0.05, 0) is 17.7 Å². The van der Waals surface area contributed by atoms with Crippen LogP contribution in [0.3, 0.4) is 0 Å². The Kier molecular flexibility index (Phi) is 1.65. The van der Waals surface area contributed by atoms with Crippen molar-refractivity contribution in [1.29, 1.82) is 0 Å². The predicted molar refractivity (Wildman–Crippen MR) is 61.4 cm³/mol. The number of allylic oxidation sites excluding steroid dienone is 1. The molecule has 2 nitrogen and oxygen atoms in total. The van der Waals surface area contributed by atoms with Crippen LogP contribution in [0, 0.1) is 0 Å². The summed E-state index contributed by atoms with van der Waals surface area (Å²) in [7, 11) is 2.04. The maximum Gasteiger partial charge on any atom is 0.0468 e. The number of nitrogens with two attached hydrogens (primary N) is 1. The van der Waals surface area contributed by atoms with Gasteiger partial charge in [0.05, 0.1) is 0 Å². The maximum atomic E-state index is 5.77. The quantitative estimate of drug-likeness (QED) is 0.634. The van der Waals surface area contributed by atoms with Gasteiger partial charge in [-0.2, -0.15) is 0 Å². The Labute approximate surface area is 85.0 Å². The van der Waals surface area contributed by atoms with Gasteiger partial charge in [-0.15, -0.1) is 0 Å². The highest BCUT2D eigenvalue weighted by atomic mass is 15.2. The van der Waals surface area contributed by atoms with E-state index in [2.05, 4.69) is 31.4 Å². The van der Waals surface area contributed by atoms with Gasteiger partial charge < -0.3 is 10.6 Å². The van der Waals surface area contributed by atoms with Crippen LogP contribution < -0.4 is 10.6 Å². The third-order valence-electron chi connectivity index (χ3n) is 3.18. The van der Waals surface area contributed by atoms with E-state index in [0.29, 0.717) is 0 Å². The molecular weight excluding hydrogens is 172 g/mol. The first-order chi connectivity index (χ1) is 6.44. The van der Waals surface area contributed by atoms with Gasteiger partial charge in [-0.25, -0.2) is 0 Å². The van der Waals surface area contributed by atoms with E-state index in [1.165, 1.54) is 11.3 Å². The summed E-state index contributed by atoms with van der Waals surface area (Å²) in [6.07, 6.45) is 0. The largest absolute Gasteiger partial charge is 0.399 e. The third kappa shape index (κ3) is 0.969. The zero-order valence-corrected chi connectivity index (χ0v) is 8.96. The highest BCUT2D eigenvalue weighted by Gasteiger charge is 2.36. The molecule has 0 spiro atoms. The average molecular weight is 188 g/mol. The lowest BCUT2D eigenvalue weighted by atomic mass is 9.84. The van der Waals surface area contributed by atoms with E-state index < -0.39 is 0 Å². The van der Waals surface area contributed by atoms with Crippen LogP contribution in [0.25, 0.3) is 0 Å². The number of likely N-dealkylation sites (N-methyl/N-ethyl adjacent to an activating group) is 1. The Balaban J connectivity index is 2.68. The fourth-order valence-corrected chi connectivity index (χ4v) is 2.07. The van der Waals surface area contributed by atoms with Crippen LogP contribution in [0.1, 0.15) is 19.4 Å². The number of hydrogen-bond donors (Lipinski definition) is 1.